The average molecular weight is 420 g/mol. The van der Waals surface area contributed by atoms with E-state index in [1.54, 1.807) is 6.07 Å². The molecule has 3 aromatic rings. The number of nitrogens with two attached hydrogens (primary N) is 1. The van der Waals surface area contributed by atoms with Crippen LogP contribution in [0, 0.1) is 0 Å². The van der Waals surface area contributed by atoms with Crippen molar-refractivity contribution in [3.05, 3.63) is 42.2 Å². The van der Waals surface area contributed by atoms with Crippen LogP contribution in [-0.4, -0.2) is 52.9 Å². The number of benzene rings is 1. The molecule has 4 heterocycles. The van der Waals surface area contributed by atoms with Gasteiger partial charge in [0.15, 0.2) is 0 Å². The zero-order valence-electron chi connectivity index (χ0n) is 17.9. The van der Waals surface area contributed by atoms with Gasteiger partial charge in [-0.1, -0.05) is 6.07 Å². The maximum absolute atomic E-state index is 13.2. The number of piperidine rings is 1. The van der Waals surface area contributed by atoms with Crippen molar-refractivity contribution in [2.24, 2.45) is 12.8 Å². The number of aromatic nitrogens is 3. The number of anilines is 3. The van der Waals surface area contributed by atoms with Gasteiger partial charge in [0, 0.05) is 50.9 Å². The first-order valence-corrected chi connectivity index (χ1v) is 11.1. The van der Waals surface area contributed by atoms with E-state index in [1.807, 2.05) is 36.1 Å². The Hall–Kier alpha value is -3.13. The van der Waals surface area contributed by atoms with Gasteiger partial charge in [-0.2, -0.15) is 5.10 Å². The normalized spacial score (nSPS) is 19.2. The van der Waals surface area contributed by atoms with Crippen LogP contribution in [0.3, 0.4) is 0 Å². The van der Waals surface area contributed by atoms with Crippen molar-refractivity contribution in [2.45, 2.75) is 31.7 Å². The molecule has 0 bridgehead atoms. The minimum absolute atomic E-state index is 0.163. The van der Waals surface area contributed by atoms with E-state index in [2.05, 4.69) is 31.3 Å². The molecule has 3 N–H and O–H groups in total. The van der Waals surface area contributed by atoms with E-state index in [1.165, 1.54) is 19.3 Å². The summed E-state index contributed by atoms with van der Waals surface area (Å²) >= 11 is 0. The zero-order valence-corrected chi connectivity index (χ0v) is 17.9. The monoisotopic (exact) mass is 419 g/mol. The number of pyridine rings is 1. The molecule has 0 radical (unpaired) electrons. The lowest BCUT2D eigenvalue weighted by Gasteiger charge is -2.30. The Morgan fingerprint density at radius 1 is 1.13 bits per heavy atom. The number of nitrogens with one attached hydrogen (secondary N) is 1. The van der Waals surface area contributed by atoms with Crippen LogP contribution in [0.25, 0.3) is 10.9 Å². The zero-order chi connectivity index (χ0) is 21.4. The summed E-state index contributed by atoms with van der Waals surface area (Å²) in [5.74, 6) is 0.593. The van der Waals surface area contributed by atoms with E-state index < -0.39 is 0 Å². The largest absolute Gasteiger partial charge is 0.370 e. The Morgan fingerprint density at radius 3 is 2.74 bits per heavy atom. The van der Waals surface area contributed by atoms with E-state index in [0.717, 1.165) is 60.7 Å². The summed E-state index contributed by atoms with van der Waals surface area (Å²) in [6, 6.07) is 9.85. The number of carbonyl (C=O) groups is 1. The summed E-state index contributed by atoms with van der Waals surface area (Å²) in [4.78, 5) is 22.3. The van der Waals surface area contributed by atoms with Crippen molar-refractivity contribution in [3.63, 3.8) is 0 Å². The van der Waals surface area contributed by atoms with E-state index >= 15 is 0 Å². The highest BCUT2D eigenvalue weighted by Crippen LogP contribution is 2.33. The van der Waals surface area contributed by atoms with Crippen LogP contribution in [0.5, 0.6) is 0 Å². The highest BCUT2D eigenvalue weighted by molar-refractivity contribution is 6.06. The number of fused-ring (bicyclic) bond motifs is 1. The van der Waals surface area contributed by atoms with Crippen LogP contribution in [-0.2, 0) is 7.05 Å². The van der Waals surface area contributed by atoms with Crippen LogP contribution >= 0.6 is 0 Å². The molecule has 0 spiro atoms. The molecule has 2 aliphatic heterocycles. The van der Waals surface area contributed by atoms with Crippen LogP contribution < -0.4 is 20.9 Å². The fourth-order valence-corrected chi connectivity index (χ4v) is 4.59. The second-order valence-electron chi connectivity index (χ2n) is 8.61. The number of amides is 1. The maximum Gasteiger partial charge on any atom is 0.274 e. The van der Waals surface area contributed by atoms with E-state index in [4.69, 9.17) is 5.73 Å². The molecule has 31 heavy (non-hydrogen) atoms. The van der Waals surface area contributed by atoms with Gasteiger partial charge in [0.05, 0.1) is 16.9 Å². The third-order valence-electron chi connectivity index (χ3n) is 6.20. The first-order chi connectivity index (χ1) is 15.1. The lowest BCUT2D eigenvalue weighted by Crippen LogP contribution is -2.30. The summed E-state index contributed by atoms with van der Waals surface area (Å²) in [6.07, 6.45) is 6.55. The Balaban J connectivity index is 1.44. The van der Waals surface area contributed by atoms with Gasteiger partial charge < -0.3 is 20.9 Å². The molecule has 1 atom stereocenters. The number of carbonyl (C=O) groups excluding carboxylic acids is 1. The number of aryl methyl sites for hydroxylation is 1. The SMILES string of the molecule is Cn1cc2cc(N3CCCCC3)c(NC(=O)c3cccc(N4CCC(N)C4)n3)cc2n1. The highest BCUT2D eigenvalue weighted by atomic mass is 16.1. The number of hydrogen-bond acceptors (Lipinski definition) is 6. The summed E-state index contributed by atoms with van der Waals surface area (Å²) in [7, 11) is 1.92. The first-order valence-electron chi connectivity index (χ1n) is 11.1. The van der Waals surface area contributed by atoms with E-state index in [9.17, 15) is 4.79 Å². The van der Waals surface area contributed by atoms with Gasteiger partial charge >= 0.3 is 0 Å². The van der Waals surface area contributed by atoms with Crippen LogP contribution in [0.1, 0.15) is 36.2 Å². The molecule has 162 valence electrons. The third-order valence-corrected chi connectivity index (χ3v) is 6.20. The van der Waals surface area contributed by atoms with Gasteiger partial charge in [-0.25, -0.2) is 4.98 Å². The smallest absolute Gasteiger partial charge is 0.274 e. The summed E-state index contributed by atoms with van der Waals surface area (Å²) < 4.78 is 1.81. The molecule has 8 heteroatoms. The molecule has 2 saturated heterocycles. The van der Waals surface area contributed by atoms with E-state index in [0.29, 0.717) is 5.69 Å². The fourth-order valence-electron chi connectivity index (χ4n) is 4.59. The summed E-state index contributed by atoms with van der Waals surface area (Å²) in [5.41, 5.74) is 9.15. The molecule has 0 aliphatic carbocycles. The van der Waals surface area contributed by atoms with Crippen LogP contribution in [0.15, 0.2) is 36.5 Å². The summed E-state index contributed by atoms with van der Waals surface area (Å²) in [6.45, 7) is 3.64. The van der Waals surface area contributed by atoms with Crippen molar-refractivity contribution in [1.29, 1.82) is 0 Å². The Kier molecular flexibility index (Phi) is 5.23. The Bertz CT molecular complexity index is 1100. The molecule has 5 rings (SSSR count). The van der Waals surface area contributed by atoms with Crippen molar-refractivity contribution in [3.8, 4) is 0 Å². The van der Waals surface area contributed by atoms with E-state index in [-0.39, 0.29) is 11.9 Å². The van der Waals surface area contributed by atoms with Gasteiger partial charge in [0.25, 0.3) is 5.91 Å². The number of nitrogens with zero attached hydrogens (tertiary/aromatic N) is 5. The second-order valence-corrected chi connectivity index (χ2v) is 8.61. The minimum atomic E-state index is -0.209. The molecule has 2 aliphatic rings. The van der Waals surface area contributed by atoms with Gasteiger partial charge in [-0.05, 0) is 49.9 Å². The van der Waals surface area contributed by atoms with Crippen molar-refractivity contribution < 1.29 is 4.79 Å². The number of hydrogen-bond donors (Lipinski definition) is 2. The molecule has 2 fully saturated rings. The lowest BCUT2D eigenvalue weighted by atomic mass is 10.1. The molecule has 0 saturated carbocycles. The first kappa shape index (κ1) is 19.8. The maximum atomic E-state index is 13.2. The molecule has 1 amide bonds. The lowest BCUT2D eigenvalue weighted by molar-refractivity contribution is 0.102. The van der Waals surface area contributed by atoms with Crippen molar-refractivity contribution in [1.82, 2.24) is 14.8 Å². The average Bonchev–Trinajstić information content (AvgIpc) is 3.38. The quantitative estimate of drug-likeness (QED) is 0.676. The topological polar surface area (TPSA) is 92.3 Å². The Morgan fingerprint density at radius 2 is 1.97 bits per heavy atom. The molecule has 8 nitrogen and oxygen atoms in total. The predicted octanol–water partition coefficient (Wildman–Crippen LogP) is 2.75. The van der Waals surface area contributed by atoms with Gasteiger partial charge in [-0.3, -0.25) is 9.48 Å². The van der Waals surface area contributed by atoms with Gasteiger partial charge in [0.2, 0.25) is 0 Å². The fraction of sp³-hybridized carbons (Fsp3) is 0.435. The molecular formula is C23H29N7O. The van der Waals surface area contributed by atoms with Gasteiger partial charge in [0.1, 0.15) is 11.5 Å². The molecular weight excluding hydrogens is 390 g/mol. The second kappa shape index (κ2) is 8.19. The summed E-state index contributed by atoms with van der Waals surface area (Å²) in [5, 5.41) is 8.72. The highest BCUT2D eigenvalue weighted by Gasteiger charge is 2.22. The molecule has 2 aromatic heterocycles. The predicted molar refractivity (Wildman–Crippen MR) is 124 cm³/mol. The number of rotatable bonds is 4. The third kappa shape index (κ3) is 4.07. The van der Waals surface area contributed by atoms with Crippen molar-refractivity contribution >= 4 is 34.0 Å². The van der Waals surface area contributed by atoms with Crippen LogP contribution in [0.4, 0.5) is 17.2 Å². The Labute approximate surface area is 182 Å². The van der Waals surface area contributed by atoms with Crippen LogP contribution in [0.2, 0.25) is 0 Å². The molecule has 1 unspecified atom stereocenters. The van der Waals surface area contributed by atoms with Crippen molar-refractivity contribution in [2.75, 3.05) is 41.3 Å². The minimum Gasteiger partial charge on any atom is -0.370 e. The molecule has 1 aromatic carbocycles. The van der Waals surface area contributed by atoms with Gasteiger partial charge in [-0.15, -0.1) is 0 Å². The standard InChI is InChI=1S/C23H29N7O/c1-28-14-16-12-21(29-9-3-2-4-10-29)20(13-19(16)27-28)26-23(31)18-6-5-7-22(25-18)30-11-8-17(24)15-30/h5-7,12-14,17H,2-4,8-11,15,24H2,1H3,(H,26,31).